The van der Waals surface area contributed by atoms with Crippen LogP contribution in [0.4, 0.5) is 0 Å². The van der Waals surface area contributed by atoms with Gasteiger partial charge in [0.25, 0.3) is 0 Å². The first-order valence-corrected chi connectivity index (χ1v) is 34.4. The molecule has 0 fully saturated rings. The Bertz CT molecular complexity index is 5210. The van der Waals surface area contributed by atoms with Gasteiger partial charge in [-0.05, 0) is 225 Å². The average molecular weight is 1350 g/mol. The fourth-order valence-corrected chi connectivity index (χ4v) is 12.4. The van der Waals surface area contributed by atoms with Crippen molar-refractivity contribution in [2.45, 2.75) is 150 Å². The second-order valence-electron chi connectivity index (χ2n) is 26.0. The number of pyridine rings is 6. The van der Waals surface area contributed by atoms with Crippen molar-refractivity contribution in [2.24, 2.45) is 42.3 Å². The van der Waals surface area contributed by atoms with Crippen LogP contribution in [0, 0.1) is 96.6 Å². The third-order valence-corrected chi connectivity index (χ3v) is 18.5. The highest BCUT2D eigenvalue weighted by Gasteiger charge is 2.20. The van der Waals surface area contributed by atoms with Crippen LogP contribution < -0.4 is 27.4 Å². The van der Waals surface area contributed by atoms with Crippen molar-refractivity contribution < 1.29 is 49.3 Å². The summed E-state index contributed by atoms with van der Waals surface area (Å²) in [6, 6.07) is 60.6. The Labute approximate surface area is 625 Å². The van der Waals surface area contributed by atoms with Gasteiger partial charge in [-0.25, -0.2) is 27.4 Å². The maximum Gasteiger partial charge on any atom is 0.212 e. The molecule has 6 heteroatoms. The molecule has 12 aromatic rings. The number of aryl methyl sites for hydroxylation is 24. The molecule has 0 N–H and O–H groups in total. The molecule has 0 spiro atoms. The van der Waals surface area contributed by atoms with Crippen LogP contribution in [0.1, 0.15) is 150 Å². The molecule has 0 aliphatic rings. The summed E-state index contributed by atoms with van der Waals surface area (Å²) < 4.78 is 135. The molecule has 0 bridgehead atoms. The largest absolute Gasteiger partial charge is 0.212 e. The maximum absolute atomic E-state index is 7.98. The number of hydrogen-bond donors (Lipinski definition) is 0. The van der Waals surface area contributed by atoms with Gasteiger partial charge in [0.2, 0.25) is 34.2 Å². The first-order valence-electron chi connectivity index (χ1n) is 42.4. The normalized spacial score (nSPS) is 13.7. The van der Waals surface area contributed by atoms with Crippen LogP contribution in [0.5, 0.6) is 0 Å². The average Bonchev–Trinajstić information content (AvgIpc) is 0.761. The van der Waals surface area contributed by atoms with Gasteiger partial charge < -0.3 is 0 Å². The molecule has 0 aliphatic heterocycles. The van der Waals surface area contributed by atoms with Crippen LogP contribution in [0.15, 0.2) is 219 Å². The summed E-state index contributed by atoms with van der Waals surface area (Å²) in [6.07, 6.45) is 10.1. The molecule has 0 atom stereocenters. The molecular weight excluding hydrogens is 1210 g/mol. The van der Waals surface area contributed by atoms with E-state index in [4.69, 9.17) is 21.9 Å². The molecule has 0 saturated carbocycles. The van der Waals surface area contributed by atoms with Gasteiger partial charge in [-0.1, -0.05) is 137 Å². The number of rotatable bonds is 10. The van der Waals surface area contributed by atoms with Gasteiger partial charge in [0, 0.05) is 125 Å². The lowest BCUT2D eigenvalue weighted by Crippen LogP contribution is -2.32. The van der Waals surface area contributed by atoms with E-state index in [1.54, 1.807) is 42.4 Å². The molecule has 0 aliphatic carbocycles. The highest BCUT2D eigenvalue weighted by Crippen LogP contribution is 2.28. The van der Waals surface area contributed by atoms with Crippen LogP contribution in [0.3, 0.4) is 0 Å². The molecule has 12 rings (SSSR count). The minimum atomic E-state index is -2.48. The van der Waals surface area contributed by atoms with Crippen LogP contribution >= 0.6 is 0 Å². The smallest absolute Gasteiger partial charge is 0.201 e. The Kier molecular flexibility index (Phi) is 20.7. The molecule has 0 radical (unpaired) electrons. The number of nitrogens with zero attached hydrogens (tertiary/aromatic N) is 6. The molecule has 6 aromatic heterocycles. The number of hydrogen-bond acceptors (Lipinski definition) is 0. The zero-order valence-electron chi connectivity index (χ0n) is 78.9. The minimum Gasteiger partial charge on any atom is -0.201 e. The van der Waals surface area contributed by atoms with Gasteiger partial charge in [-0.2, -0.15) is 0 Å². The van der Waals surface area contributed by atoms with Crippen molar-refractivity contribution in [1.82, 2.24) is 0 Å². The van der Waals surface area contributed by atoms with Crippen molar-refractivity contribution in [2.75, 3.05) is 0 Å². The second kappa shape index (κ2) is 36.3. The van der Waals surface area contributed by atoms with E-state index < -0.39 is 40.2 Å². The molecule has 6 nitrogen and oxygen atoms in total. The second-order valence-corrected chi connectivity index (χ2v) is 26.0. The van der Waals surface area contributed by atoms with E-state index in [-0.39, 0.29) is 22.3 Å². The number of benzene rings is 6. The quantitative estimate of drug-likeness (QED) is 0.122. The van der Waals surface area contributed by atoms with E-state index in [2.05, 4.69) is 182 Å². The molecule has 100 heavy (non-hydrogen) atoms. The van der Waals surface area contributed by atoms with Gasteiger partial charge >= 0.3 is 0 Å². The Morgan fingerprint density at radius 2 is 0.470 bits per heavy atom. The van der Waals surface area contributed by atoms with Gasteiger partial charge in [0.15, 0.2) is 37.2 Å². The maximum atomic E-state index is 7.98. The van der Waals surface area contributed by atoms with Crippen molar-refractivity contribution in [3.63, 3.8) is 0 Å². The molecule has 0 amide bonds. The first kappa shape index (κ1) is 57.0. The van der Waals surface area contributed by atoms with E-state index in [9.17, 15) is 0 Å². The molecular formula is C94H116N6+6. The van der Waals surface area contributed by atoms with Crippen LogP contribution in [0.2, 0.25) is 0 Å². The molecule has 0 saturated heterocycles. The minimum absolute atomic E-state index is 0.0554. The van der Waals surface area contributed by atoms with Crippen LogP contribution in [-0.2, 0) is 67.9 Å². The summed E-state index contributed by atoms with van der Waals surface area (Å²) >= 11 is 0. The number of aromatic nitrogens is 6. The lowest BCUT2D eigenvalue weighted by molar-refractivity contribution is -0.661. The third-order valence-electron chi connectivity index (χ3n) is 18.5. The lowest BCUT2D eigenvalue weighted by Gasteiger charge is -2.07. The fourth-order valence-electron chi connectivity index (χ4n) is 12.4. The van der Waals surface area contributed by atoms with E-state index >= 15 is 0 Å². The predicted octanol–water partition coefficient (Wildman–Crippen LogP) is 19.6. The first-order chi connectivity index (χ1) is 53.9. The third kappa shape index (κ3) is 19.8. The topological polar surface area (TPSA) is 23.3 Å². The Hall–Kier alpha value is -9.78. The van der Waals surface area contributed by atoms with E-state index in [0.29, 0.717) is 11.3 Å². The zero-order valence-corrected chi connectivity index (χ0v) is 62.9. The van der Waals surface area contributed by atoms with Gasteiger partial charge in [-0.15, -0.1) is 0 Å². The van der Waals surface area contributed by atoms with E-state index in [0.717, 1.165) is 74.4 Å². The summed E-state index contributed by atoms with van der Waals surface area (Å²) in [5.41, 5.74) is 28.7. The Balaban J connectivity index is 0.000000193. The highest BCUT2D eigenvalue weighted by molar-refractivity contribution is 5.66. The van der Waals surface area contributed by atoms with Crippen molar-refractivity contribution in [1.29, 1.82) is 0 Å². The van der Waals surface area contributed by atoms with Gasteiger partial charge in [0.1, 0.15) is 42.3 Å². The lowest BCUT2D eigenvalue weighted by atomic mass is 10.0. The molecule has 6 aromatic carbocycles. The summed E-state index contributed by atoms with van der Waals surface area (Å²) in [4.78, 5) is 0. The monoisotopic (exact) mass is 1350 g/mol. The summed E-state index contributed by atoms with van der Waals surface area (Å²) in [5, 5.41) is 0. The highest BCUT2D eigenvalue weighted by atomic mass is 14.9. The van der Waals surface area contributed by atoms with Crippen molar-refractivity contribution in [3.05, 3.63) is 319 Å². The Morgan fingerprint density at radius 1 is 0.230 bits per heavy atom. The summed E-state index contributed by atoms with van der Waals surface area (Å²) in [7, 11) is 11.6. The van der Waals surface area contributed by atoms with Crippen molar-refractivity contribution >= 4 is 0 Å². The van der Waals surface area contributed by atoms with Crippen LogP contribution in [0.25, 0.3) is 67.5 Å². The summed E-state index contributed by atoms with van der Waals surface area (Å²) in [5.74, 6) is 0. The Morgan fingerprint density at radius 3 is 0.780 bits per heavy atom. The zero-order chi connectivity index (χ0) is 86.7. The van der Waals surface area contributed by atoms with Crippen LogP contribution in [-0.4, -0.2) is 0 Å². The summed E-state index contributed by atoms with van der Waals surface area (Å²) in [6.45, 7) is 18.6. The van der Waals surface area contributed by atoms with Gasteiger partial charge in [-0.3, -0.25) is 0 Å². The fraction of sp³-hybridized carbons (Fsp3) is 0.298. The van der Waals surface area contributed by atoms with E-state index in [1.807, 2.05) is 136 Å². The molecule has 516 valence electrons. The van der Waals surface area contributed by atoms with Crippen molar-refractivity contribution in [3.8, 4) is 67.5 Å². The van der Waals surface area contributed by atoms with E-state index in [1.165, 1.54) is 98.0 Å². The SMILES string of the molecule is CCc1c[n+](C)c(-c2ccccc2C)cc1C.CCc1cc(-c2ccccc2C)[n+](C)cc1C.[2H]C([2H])(C)c1c[n+](C)c(-c2ccccc2C)cc1C.[2H]C([2H])([2H])c1c[n+](C)c(-c2ccccc2C)cc1C.[2H]C([2H])([2H])c1c[n+](C)c(-c2ccccc2C)cc1C([2H])([2H])C.[2H]C([2H])([2H])c1cc(-c2ccccc2C)[n+](C)cc1C([2H])([2H])[2H]. The molecule has 0 unspecified atom stereocenters. The molecule has 6 heterocycles. The van der Waals surface area contributed by atoms with Gasteiger partial charge in [0.05, 0.1) is 0 Å². The predicted molar refractivity (Wildman–Crippen MR) is 422 cm³/mol. The standard InChI is InChI=1S/4C16H20N.2C15H18N/c2*1-5-14-10-16(17(4)11-13(14)3)15-9-7-6-8-12(15)2;2*1-5-14-11-17(4)16(10-13(14)3)15-9-7-6-8-12(15)2;2*1-11-7-5-6-8-14(11)15-9-12(2)13(3)10-16(15)4/h4*6-11H,5H2,1-4H3;2*5-10H,1-4H3/q6*+1/i3D3,5D2;;5D2;;2D3,3D3;3D3.